The number of nitrogens with one attached hydrogen (secondary N) is 1. The molecule has 0 aromatic rings. The van der Waals surface area contributed by atoms with E-state index < -0.39 is 5.60 Å². The smallest absolute Gasteiger partial charge is 0.407 e. The van der Waals surface area contributed by atoms with E-state index in [4.69, 9.17) is 4.74 Å². The SMILES string of the molecule is CC(C)(C)OC(=O)N[C@H]1C[C@H]2C=C[C@H]1C2. The number of carbonyl (C=O) groups is 1. The van der Waals surface area contributed by atoms with Crippen LogP contribution in [-0.4, -0.2) is 17.7 Å². The van der Waals surface area contributed by atoms with Crippen LogP contribution in [0.5, 0.6) is 0 Å². The summed E-state index contributed by atoms with van der Waals surface area (Å²) >= 11 is 0. The van der Waals surface area contributed by atoms with Crippen LogP contribution in [0.3, 0.4) is 0 Å². The minimum absolute atomic E-state index is 0.284. The summed E-state index contributed by atoms with van der Waals surface area (Å²) in [5, 5.41) is 2.95. The molecule has 0 aromatic heterocycles. The van der Waals surface area contributed by atoms with Gasteiger partial charge < -0.3 is 10.1 Å². The number of fused-ring (bicyclic) bond motifs is 2. The standard InChI is InChI=1S/C12H19NO2/c1-12(2,3)15-11(14)13-10-7-8-4-5-9(10)6-8/h4-5,8-10H,6-7H2,1-3H3,(H,13,14)/t8-,9-,10-/m0/s1. The average Bonchev–Trinajstić information content (AvgIpc) is 2.60. The summed E-state index contributed by atoms with van der Waals surface area (Å²) in [6.07, 6.45) is 6.46. The fraction of sp³-hybridized carbons (Fsp3) is 0.750. The molecule has 1 saturated carbocycles. The fourth-order valence-corrected chi connectivity index (χ4v) is 2.41. The highest BCUT2D eigenvalue weighted by Gasteiger charge is 2.37. The van der Waals surface area contributed by atoms with Crippen molar-refractivity contribution in [2.24, 2.45) is 11.8 Å². The van der Waals surface area contributed by atoms with Gasteiger partial charge in [0.05, 0.1) is 0 Å². The van der Waals surface area contributed by atoms with E-state index in [-0.39, 0.29) is 12.1 Å². The maximum absolute atomic E-state index is 11.5. The van der Waals surface area contributed by atoms with Gasteiger partial charge in [-0.25, -0.2) is 4.79 Å². The van der Waals surface area contributed by atoms with Crippen LogP contribution in [0.2, 0.25) is 0 Å². The maximum atomic E-state index is 11.5. The number of ether oxygens (including phenoxy) is 1. The average molecular weight is 209 g/mol. The zero-order valence-corrected chi connectivity index (χ0v) is 9.62. The Labute approximate surface area is 90.9 Å². The molecule has 0 heterocycles. The second-order valence-electron chi connectivity index (χ2n) is 5.53. The third kappa shape index (κ3) is 2.52. The molecule has 84 valence electrons. The third-order valence-corrected chi connectivity index (χ3v) is 2.98. The molecule has 0 saturated heterocycles. The van der Waals surface area contributed by atoms with Gasteiger partial charge in [-0.1, -0.05) is 12.2 Å². The number of hydrogen-bond donors (Lipinski definition) is 1. The topological polar surface area (TPSA) is 38.3 Å². The summed E-state index contributed by atoms with van der Waals surface area (Å²) in [6.45, 7) is 5.65. The second kappa shape index (κ2) is 3.54. The van der Waals surface area contributed by atoms with E-state index >= 15 is 0 Å². The lowest BCUT2D eigenvalue weighted by Gasteiger charge is -2.24. The van der Waals surface area contributed by atoms with E-state index in [9.17, 15) is 4.79 Å². The van der Waals surface area contributed by atoms with Crippen LogP contribution in [0, 0.1) is 11.8 Å². The molecule has 0 unspecified atom stereocenters. The lowest BCUT2D eigenvalue weighted by Crippen LogP contribution is -2.41. The molecule has 2 bridgehead atoms. The molecule has 15 heavy (non-hydrogen) atoms. The summed E-state index contributed by atoms with van der Waals surface area (Å²) in [5.74, 6) is 1.21. The third-order valence-electron chi connectivity index (χ3n) is 2.98. The van der Waals surface area contributed by atoms with Crippen molar-refractivity contribution in [3.63, 3.8) is 0 Å². The summed E-state index contributed by atoms with van der Waals surface area (Å²) in [7, 11) is 0. The van der Waals surface area contributed by atoms with Gasteiger partial charge >= 0.3 is 6.09 Å². The summed E-state index contributed by atoms with van der Waals surface area (Å²) in [6, 6.07) is 0.287. The molecule has 0 spiro atoms. The molecule has 1 N–H and O–H groups in total. The van der Waals surface area contributed by atoms with Gasteiger partial charge in [0.1, 0.15) is 5.60 Å². The predicted molar refractivity (Wildman–Crippen MR) is 58.5 cm³/mol. The van der Waals surface area contributed by atoms with Crippen LogP contribution in [-0.2, 0) is 4.74 Å². The Bertz CT molecular complexity index is 290. The van der Waals surface area contributed by atoms with Crippen LogP contribution in [0.4, 0.5) is 4.79 Å². The monoisotopic (exact) mass is 209 g/mol. The Balaban J connectivity index is 1.83. The molecule has 1 amide bonds. The lowest BCUT2D eigenvalue weighted by atomic mass is 10.0. The predicted octanol–water partition coefficient (Wildman–Crippen LogP) is 2.48. The van der Waals surface area contributed by atoms with Crippen LogP contribution in [0.1, 0.15) is 33.6 Å². The molecule has 3 nitrogen and oxygen atoms in total. The van der Waals surface area contributed by atoms with Crippen molar-refractivity contribution in [3.8, 4) is 0 Å². The zero-order valence-electron chi connectivity index (χ0n) is 9.62. The number of amides is 1. The van der Waals surface area contributed by atoms with Gasteiger partial charge in [-0.2, -0.15) is 0 Å². The molecular formula is C12H19NO2. The Hall–Kier alpha value is -0.990. The van der Waals surface area contributed by atoms with Crippen LogP contribution < -0.4 is 5.32 Å². The fourth-order valence-electron chi connectivity index (χ4n) is 2.41. The van der Waals surface area contributed by atoms with E-state index in [0.29, 0.717) is 11.8 Å². The van der Waals surface area contributed by atoms with Gasteiger partial charge in [0.25, 0.3) is 0 Å². The minimum atomic E-state index is -0.405. The van der Waals surface area contributed by atoms with Crippen molar-refractivity contribution >= 4 is 6.09 Å². The number of allylic oxidation sites excluding steroid dienone is 1. The molecule has 0 radical (unpaired) electrons. The van der Waals surface area contributed by atoms with Crippen LogP contribution in [0.25, 0.3) is 0 Å². The highest BCUT2D eigenvalue weighted by molar-refractivity contribution is 5.68. The quantitative estimate of drug-likeness (QED) is 0.674. The van der Waals surface area contributed by atoms with Gasteiger partial charge in [-0.3, -0.25) is 0 Å². The molecule has 3 atom stereocenters. The number of carbonyl (C=O) groups excluding carboxylic acids is 1. The van der Waals surface area contributed by atoms with Crippen molar-refractivity contribution < 1.29 is 9.53 Å². The Morgan fingerprint density at radius 1 is 1.33 bits per heavy atom. The van der Waals surface area contributed by atoms with Crippen LogP contribution >= 0.6 is 0 Å². The second-order valence-corrected chi connectivity index (χ2v) is 5.53. The van der Waals surface area contributed by atoms with E-state index in [1.54, 1.807) is 0 Å². The maximum Gasteiger partial charge on any atom is 0.407 e. The summed E-state index contributed by atoms with van der Waals surface area (Å²) in [5.41, 5.74) is -0.405. The molecule has 2 aliphatic rings. The molecule has 0 aliphatic heterocycles. The first-order valence-electron chi connectivity index (χ1n) is 5.62. The van der Waals surface area contributed by atoms with Gasteiger partial charge in [0.15, 0.2) is 0 Å². The first-order valence-corrected chi connectivity index (χ1v) is 5.62. The zero-order chi connectivity index (χ0) is 11.1. The normalized spacial score (nSPS) is 33.1. The van der Waals surface area contributed by atoms with E-state index in [1.165, 1.54) is 6.42 Å². The van der Waals surface area contributed by atoms with E-state index in [0.717, 1.165) is 6.42 Å². The molecule has 3 heteroatoms. The summed E-state index contributed by atoms with van der Waals surface area (Å²) in [4.78, 5) is 11.5. The first-order chi connectivity index (χ1) is 6.94. The van der Waals surface area contributed by atoms with E-state index in [2.05, 4.69) is 17.5 Å². The molecule has 2 aliphatic carbocycles. The number of hydrogen-bond acceptors (Lipinski definition) is 2. The van der Waals surface area contributed by atoms with Gasteiger partial charge in [-0.05, 0) is 45.4 Å². The lowest BCUT2D eigenvalue weighted by molar-refractivity contribution is 0.0497. The summed E-state index contributed by atoms with van der Waals surface area (Å²) < 4.78 is 5.23. The van der Waals surface area contributed by atoms with Gasteiger partial charge in [-0.15, -0.1) is 0 Å². The largest absolute Gasteiger partial charge is 0.444 e. The Morgan fingerprint density at radius 3 is 2.53 bits per heavy atom. The Morgan fingerprint density at radius 2 is 2.07 bits per heavy atom. The van der Waals surface area contributed by atoms with Crippen molar-refractivity contribution in [3.05, 3.63) is 12.2 Å². The molecule has 1 fully saturated rings. The molecule has 2 rings (SSSR count). The minimum Gasteiger partial charge on any atom is -0.444 e. The highest BCUT2D eigenvalue weighted by atomic mass is 16.6. The first kappa shape index (κ1) is 10.5. The van der Waals surface area contributed by atoms with Crippen molar-refractivity contribution in [1.29, 1.82) is 0 Å². The van der Waals surface area contributed by atoms with Crippen molar-refractivity contribution in [2.45, 2.75) is 45.3 Å². The molecular weight excluding hydrogens is 190 g/mol. The number of alkyl carbamates (subject to hydrolysis) is 1. The van der Waals surface area contributed by atoms with Crippen LogP contribution in [0.15, 0.2) is 12.2 Å². The van der Waals surface area contributed by atoms with Crippen molar-refractivity contribution in [1.82, 2.24) is 5.32 Å². The highest BCUT2D eigenvalue weighted by Crippen LogP contribution is 2.38. The van der Waals surface area contributed by atoms with Gasteiger partial charge in [0.2, 0.25) is 0 Å². The van der Waals surface area contributed by atoms with E-state index in [1.807, 2.05) is 20.8 Å². The number of rotatable bonds is 1. The molecule has 0 aromatic carbocycles. The van der Waals surface area contributed by atoms with Crippen molar-refractivity contribution in [2.75, 3.05) is 0 Å². The Kier molecular flexibility index (Phi) is 2.49. The van der Waals surface area contributed by atoms with Gasteiger partial charge in [0, 0.05) is 6.04 Å².